The molecule has 0 aliphatic heterocycles. The largest absolute Gasteiger partial charge is 0.478 e. The highest BCUT2D eigenvalue weighted by atomic mass is 16.4. The van der Waals surface area contributed by atoms with Gasteiger partial charge in [0.15, 0.2) is 0 Å². The predicted octanol–water partition coefficient (Wildman–Crippen LogP) is 3.48. The van der Waals surface area contributed by atoms with Gasteiger partial charge in [0.05, 0.1) is 11.7 Å². The Morgan fingerprint density at radius 1 is 1.05 bits per heavy atom. The molecule has 0 heterocycles. The molecular weight excluding hydrogens is 264 g/mol. The molecule has 106 valence electrons. The fourth-order valence-corrected chi connectivity index (χ4v) is 3.04. The second-order valence-corrected chi connectivity index (χ2v) is 5.35. The molecular formula is C18H16O3. The van der Waals surface area contributed by atoms with Crippen LogP contribution in [0.5, 0.6) is 0 Å². The van der Waals surface area contributed by atoms with Crippen molar-refractivity contribution in [1.29, 1.82) is 0 Å². The summed E-state index contributed by atoms with van der Waals surface area (Å²) >= 11 is 0. The van der Waals surface area contributed by atoms with E-state index < -0.39 is 12.1 Å². The van der Waals surface area contributed by atoms with Crippen LogP contribution in [0.25, 0.3) is 5.57 Å². The van der Waals surface area contributed by atoms with Crippen LogP contribution in [0.15, 0.2) is 42.5 Å². The standard InChI is InChI=1S/C18H16O3/c1-10-7-8-12(11(2)17(10)18(20)21)15-9-16(19)14-6-4-3-5-13(14)15/h3-9,16,19H,1-2H3,(H,20,21). The number of hydrogen-bond acceptors (Lipinski definition) is 2. The number of rotatable bonds is 2. The summed E-state index contributed by atoms with van der Waals surface area (Å²) in [7, 11) is 0. The molecule has 0 bridgehead atoms. The summed E-state index contributed by atoms with van der Waals surface area (Å²) in [6.07, 6.45) is 1.15. The maximum Gasteiger partial charge on any atom is 0.336 e. The quantitative estimate of drug-likeness (QED) is 0.885. The van der Waals surface area contributed by atoms with Crippen LogP contribution in [0.1, 0.15) is 44.3 Å². The molecule has 3 heteroatoms. The van der Waals surface area contributed by atoms with Gasteiger partial charge in [0.1, 0.15) is 0 Å². The van der Waals surface area contributed by atoms with E-state index in [1.807, 2.05) is 43.3 Å². The van der Waals surface area contributed by atoms with Crippen molar-refractivity contribution in [2.45, 2.75) is 20.0 Å². The normalized spacial score (nSPS) is 16.5. The van der Waals surface area contributed by atoms with E-state index in [2.05, 4.69) is 0 Å². The van der Waals surface area contributed by atoms with E-state index in [1.165, 1.54) is 0 Å². The molecule has 1 unspecified atom stereocenters. The first-order valence-corrected chi connectivity index (χ1v) is 6.83. The summed E-state index contributed by atoms with van der Waals surface area (Å²) in [5.74, 6) is -0.917. The fraction of sp³-hybridized carbons (Fsp3) is 0.167. The number of benzene rings is 2. The van der Waals surface area contributed by atoms with E-state index in [-0.39, 0.29) is 0 Å². The molecule has 1 atom stereocenters. The SMILES string of the molecule is Cc1ccc(C2=CC(O)c3ccccc32)c(C)c1C(=O)O. The smallest absolute Gasteiger partial charge is 0.336 e. The molecule has 1 aliphatic rings. The second-order valence-electron chi connectivity index (χ2n) is 5.35. The zero-order chi connectivity index (χ0) is 15.1. The number of aliphatic hydroxyl groups excluding tert-OH is 1. The van der Waals surface area contributed by atoms with Gasteiger partial charge in [0, 0.05) is 0 Å². The molecule has 21 heavy (non-hydrogen) atoms. The van der Waals surface area contributed by atoms with Crippen LogP contribution in [0.3, 0.4) is 0 Å². The molecule has 1 aliphatic carbocycles. The first-order valence-electron chi connectivity index (χ1n) is 6.83. The van der Waals surface area contributed by atoms with Crippen LogP contribution < -0.4 is 0 Å². The molecule has 0 amide bonds. The molecule has 0 saturated heterocycles. The highest BCUT2D eigenvalue weighted by molar-refractivity contribution is 5.95. The molecule has 2 aromatic rings. The van der Waals surface area contributed by atoms with Gasteiger partial charge in [-0.05, 0) is 53.3 Å². The van der Waals surface area contributed by atoms with Crippen molar-refractivity contribution in [1.82, 2.24) is 0 Å². The first-order chi connectivity index (χ1) is 10.0. The van der Waals surface area contributed by atoms with Gasteiger partial charge in [-0.3, -0.25) is 0 Å². The van der Waals surface area contributed by atoms with E-state index in [0.29, 0.717) is 5.56 Å². The molecule has 0 aromatic heterocycles. The van der Waals surface area contributed by atoms with E-state index in [1.54, 1.807) is 13.0 Å². The Labute approximate surface area is 123 Å². The highest BCUT2D eigenvalue weighted by Crippen LogP contribution is 2.39. The van der Waals surface area contributed by atoms with Crippen molar-refractivity contribution in [2.24, 2.45) is 0 Å². The summed E-state index contributed by atoms with van der Waals surface area (Å²) in [5.41, 5.74) is 5.42. The van der Waals surface area contributed by atoms with E-state index in [4.69, 9.17) is 0 Å². The summed E-state index contributed by atoms with van der Waals surface area (Å²) in [4.78, 5) is 11.5. The maximum absolute atomic E-state index is 11.5. The average Bonchev–Trinajstić information content (AvgIpc) is 2.76. The van der Waals surface area contributed by atoms with Crippen LogP contribution in [0.4, 0.5) is 0 Å². The van der Waals surface area contributed by atoms with Crippen molar-refractivity contribution in [3.05, 3.63) is 75.9 Å². The summed E-state index contributed by atoms with van der Waals surface area (Å²) < 4.78 is 0. The molecule has 0 saturated carbocycles. The minimum Gasteiger partial charge on any atom is -0.478 e. The third kappa shape index (κ3) is 2.06. The summed E-state index contributed by atoms with van der Waals surface area (Å²) in [6, 6.07) is 11.4. The van der Waals surface area contributed by atoms with Crippen molar-refractivity contribution >= 4 is 11.5 Å². The van der Waals surface area contributed by atoms with Crippen molar-refractivity contribution in [2.75, 3.05) is 0 Å². The number of fused-ring (bicyclic) bond motifs is 1. The Kier molecular flexibility index (Phi) is 3.15. The van der Waals surface area contributed by atoms with Crippen LogP contribution in [0, 0.1) is 13.8 Å². The maximum atomic E-state index is 11.5. The number of carbonyl (C=O) groups is 1. The number of carboxylic acid groups (broad SMARTS) is 1. The lowest BCUT2D eigenvalue weighted by molar-refractivity contribution is 0.0695. The number of carboxylic acids is 1. The summed E-state index contributed by atoms with van der Waals surface area (Å²) in [5, 5.41) is 19.5. The second kappa shape index (κ2) is 4.86. The van der Waals surface area contributed by atoms with Gasteiger partial charge >= 0.3 is 5.97 Å². The molecule has 2 aromatic carbocycles. The van der Waals surface area contributed by atoms with E-state index >= 15 is 0 Å². The third-order valence-electron chi connectivity index (χ3n) is 4.07. The number of aliphatic hydroxyl groups is 1. The Hall–Kier alpha value is -2.39. The molecule has 0 fully saturated rings. The highest BCUT2D eigenvalue weighted by Gasteiger charge is 2.24. The topological polar surface area (TPSA) is 57.5 Å². The van der Waals surface area contributed by atoms with Crippen LogP contribution >= 0.6 is 0 Å². The lowest BCUT2D eigenvalue weighted by Gasteiger charge is -2.13. The van der Waals surface area contributed by atoms with Crippen LogP contribution in [0.2, 0.25) is 0 Å². The monoisotopic (exact) mass is 280 g/mol. The van der Waals surface area contributed by atoms with Gasteiger partial charge in [-0.2, -0.15) is 0 Å². The molecule has 3 nitrogen and oxygen atoms in total. The minimum absolute atomic E-state index is 0.340. The molecule has 3 rings (SSSR count). The molecule has 0 spiro atoms. The lowest BCUT2D eigenvalue weighted by atomic mass is 9.91. The predicted molar refractivity (Wildman–Crippen MR) is 81.4 cm³/mol. The molecule has 0 radical (unpaired) electrons. The van der Waals surface area contributed by atoms with Gasteiger partial charge in [0.2, 0.25) is 0 Å². The Bertz CT molecular complexity index is 772. The number of aromatic carboxylic acids is 1. The Balaban J connectivity index is 2.22. The van der Waals surface area contributed by atoms with Crippen molar-refractivity contribution in [3.63, 3.8) is 0 Å². The zero-order valence-electron chi connectivity index (χ0n) is 11.9. The van der Waals surface area contributed by atoms with Gasteiger partial charge < -0.3 is 10.2 Å². The van der Waals surface area contributed by atoms with Gasteiger partial charge in [-0.15, -0.1) is 0 Å². The minimum atomic E-state index is -0.917. The number of aryl methyl sites for hydroxylation is 1. The zero-order valence-corrected chi connectivity index (χ0v) is 11.9. The van der Waals surface area contributed by atoms with E-state index in [0.717, 1.165) is 33.4 Å². The molecule has 2 N–H and O–H groups in total. The summed E-state index contributed by atoms with van der Waals surface area (Å²) in [6.45, 7) is 3.62. The Morgan fingerprint density at radius 3 is 2.48 bits per heavy atom. The van der Waals surface area contributed by atoms with Crippen LogP contribution in [-0.4, -0.2) is 16.2 Å². The van der Waals surface area contributed by atoms with Crippen molar-refractivity contribution < 1.29 is 15.0 Å². The fourth-order valence-electron chi connectivity index (χ4n) is 3.04. The third-order valence-corrected chi connectivity index (χ3v) is 4.07. The van der Waals surface area contributed by atoms with Crippen LogP contribution in [-0.2, 0) is 0 Å². The van der Waals surface area contributed by atoms with Gasteiger partial charge in [0.25, 0.3) is 0 Å². The van der Waals surface area contributed by atoms with Gasteiger partial charge in [-0.25, -0.2) is 4.79 Å². The average molecular weight is 280 g/mol. The van der Waals surface area contributed by atoms with Crippen molar-refractivity contribution in [3.8, 4) is 0 Å². The number of hydrogen-bond donors (Lipinski definition) is 2. The first kappa shape index (κ1) is 13.6. The Morgan fingerprint density at radius 2 is 1.76 bits per heavy atom. The lowest BCUT2D eigenvalue weighted by Crippen LogP contribution is -2.05. The van der Waals surface area contributed by atoms with E-state index in [9.17, 15) is 15.0 Å². The van der Waals surface area contributed by atoms with Gasteiger partial charge in [-0.1, -0.05) is 36.4 Å².